The van der Waals surface area contributed by atoms with Crippen molar-refractivity contribution in [3.8, 4) is 0 Å². The highest BCUT2D eigenvalue weighted by atomic mass is 16.3. The van der Waals surface area contributed by atoms with E-state index < -0.39 is 0 Å². The number of nitrogens with one attached hydrogen (secondary N) is 1. The van der Waals surface area contributed by atoms with Gasteiger partial charge in [0.1, 0.15) is 0 Å². The Balaban J connectivity index is 1.77. The Bertz CT molecular complexity index is 552. The van der Waals surface area contributed by atoms with Gasteiger partial charge in [-0.2, -0.15) is 0 Å². The summed E-state index contributed by atoms with van der Waals surface area (Å²) in [6.45, 7) is 0. The van der Waals surface area contributed by atoms with Crippen LogP contribution in [0.4, 0.5) is 5.69 Å². The molecule has 104 valence electrons. The number of hydrogen-bond acceptors (Lipinski definition) is 2. The van der Waals surface area contributed by atoms with E-state index in [1.54, 1.807) is 0 Å². The minimum absolute atomic E-state index is 0.201. The van der Waals surface area contributed by atoms with Crippen molar-refractivity contribution in [2.45, 2.75) is 37.8 Å². The van der Waals surface area contributed by atoms with Crippen LogP contribution in [-0.4, -0.2) is 17.3 Å². The summed E-state index contributed by atoms with van der Waals surface area (Å²) >= 11 is 0. The van der Waals surface area contributed by atoms with Crippen LogP contribution in [0.3, 0.4) is 0 Å². The molecule has 0 aliphatic heterocycles. The van der Waals surface area contributed by atoms with Crippen molar-refractivity contribution in [3.63, 3.8) is 0 Å². The molecule has 2 nitrogen and oxygen atoms in total. The molecular weight excluding hydrogens is 246 g/mol. The van der Waals surface area contributed by atoms with E-state index in [-0.39, 0.29) is 12.1 Å². The second-order valence-corrected chi connectivity index (χ2v) is 5.57. The van der Waals surface area contributed by atoms with Gasteiger partial charge in [0.15, 0.2) is 0 Å². The molecule has 0 heterocycles. The molecule has 1 aliphatic rings. The lowest BCUT2D eigenvalue weighted by Crippen LogP contribution is -2.28. The van der Waals surface area contributed by atoms with Crippen molar-refractivity contribution in [1.29, 1.82) is 0 Å². The topological polar surface area (TPSA) is 32.3 Å². The average molecular weight is 267 g/mol. The maximum absolute atomic E-state index is 9.97. The van der Waals surface area contributed by atoms with Crippen molar-refractivity contribution in [2.24, 2.45) is 0 Å². The van der Waals surface area contributed by atoms with Crippen LogP contribution in [0.2, 0.25) is 0 Å². The summed E-state index contributed by atoms with van der Waals surface area (Å²) in [4.78, 5) is 0. The summed E-state index contributed by atoms with van der Waals surface area (Å²) < 4.78 is 0. The van der Waals surface area contributed by atoms with E-state index in [0.29, 0.717) is 0 Å². The highest BCUT2D eigenvalue weighted by molar-refractivity contribution is 5.53. The van der Waals surface area contributed by atoms with Gasteiger partial charge in [-0.3, -0.25) is 0 Å². The van der Waals surface area contributed by atoms with Gasteiger partial charge in [-0.1, -0.05) is 48.5 Å². The Hall–Kier alpha value is -1.80. The lowest BCUT2D eigenvalue weighted by Gasteiger charge is -2.20. The third-order valence-corrected chi connectivity index (χ3v) is 4.08. The van der Waals surface area contributed by atoms with Crippen LogP contribution < -0.4 is 5.32 Å². The Kier molecular flexibility index (Phi) is 4.03. The highest BCUT2D eigenvalue weighted by Gasteiger charge is 2.25. The molecule has 0 bridgehead atoms. The molecule has 1 fully saturated rings. The number of para-hydroxylation sites is 1. The summed E-state index contributed by atoms with van der Waals surface area (Å²) in [7, 11) is 0. The van der Waals surface area contributed by atoms with Gasteiger partial charge in [-0.25, -0.2) is 0 Å². The molecule has 3 rings (SSSR count). The second-order valence-electron chi connectivity index (χ2n) is 5.57. The average Bonchev–Trinajstić information content (AvgIpc) is 2.88. The van der Waals surface area contributed by atoms with Crippen molar-refractivity contribution in [1.82, 2.24) is 0 Å². The summed E-state index contributed by atoms with van der Waals surface area (Å²) in [5, 5.41) is 13.5. The predicted octanol–water partition coefficient (Wildman–Crippen LogP) is 3.60. The standard InChI is InChI=1S/C18H21NO/c20-18-12-6-11-17(18)19-16-10-5-4-9-15(16)13-14-7-2-1-3-8-14/h1-5,7-10,17-20H,6,11-13H2/t17-,18-/m1/s1. The summed E-state index contributed by atoms with van der Waals surface area (Å²) in [5.74, 6) is 0. The van der Waals surface area contributed by atoms with Crippen molar-refractivity contribution < 1.29 is 5.11 Å². The zero-order valence-electron chi connectivity index (χ0n) is 11.6. The molecule has 2 atom stereocenters. The molecule has 0 amide bonds. The Morgan fingerprint density at radius 3 is 2.45 bits per heavy atom. The highest BCUT2D eigenvalue weighted by Crippen LogP contribution is 2.26. The molecule has 0 radical (unpaired) electrons. The van der Waals surface area contributed by atoms with Crippen molar-refractivity contribution in [3.05, 3.63) is 65.7 Å². The molecule has 20 heavy (non-hydrogen) atoms. The summed E-state index contributed by atoms with van der Waals surface area (Å²) in [6.07, 6.45) is 3.80. The molecule has 0 saturated heterocycles. The van der Waals surface area contributed by atoms with Gasteiger partial charge in [-0.15, -0.1) is 0 Å². The smallest absolute Gasteiger partial charge is 0.0741 e. The SMILES string of the molecule is O[C@@H]1CCC[C@H]1Nc1ccccc1Cc1ccccc1. The normalized spacial score (nSPS) is 21.9. The van der Waals surface area contributed by atoms with Crippen LogP contribution in [0.1, 0.15) is 30.4 Å². The number of rotatable bonds is 4. The number of aliphatic hydroxyl groups is 1. The first-order chi connectivity index (χ1) is 9.83. The monoisotopic (exact) mass is 267 g/mol. The Morgan fingerprint density at radius 1 is 0.950 bits per heavy atom. The van der Waals surface area contributed by atoms with Gasteiger partial charge >= 0.3 is 0 Å². The van der Waals surface area contributed by atoms with Crippen LogP contribution in [0.15, 0.2) is 54.6 Å². The fourth-order valence-corrected chi connectivity index (χ4v) is 2.94. The van der Waals surface area contributed by atoms with E-state index in [9.17, 15) is 5.11 Å². The number of anilines is 1. The zero-order valence-corrected chi connectivity index (χ0v) is 11.6. The molecule has 1 aliphatic carbocycles. The van der Waals surface area contributed by atoms with Crippen molar-refractivity contribution >= 4 is 5.69 Å². The van der Waals surface area contributed by atoms with E-state index in [1.165, 1.54) is 11.1 Å². The van der Waals surface area contributed by atoms with Crippen LogP contribution in [-0.2, 0) is 6.42 Å². The summed E-state index contributed by atoms with van der Waals surface area (Å²) in [6, 6.07) is 19.1. The minimum Gasteiger partial charge on any atom is -0.391 e. The number of hydrogen-bond donors (Lipinski definition) is 2. The molecule has 1 saturated carbocycles. The zero-order chi connectivity index (χ0) is 13.8. The molecule has 2 aromatic carbocycles. The lowest BCUT2D eigenvalue weighted by molar-refractivity contribution is 0.172. The van der Waals surface area contributed by atoms with E-state index in [0.717, 1.165) is 31.4 Å². The van der Waals surface area contributed by atoms with Gasteiger partial charge < -0.3 is 10.4 Å². The van der Waals surface area contributed by atoms with Crippen LogP contribution in [0.25, 0.3) is 0 Å². The quantitative estimate of drug-likeness (QED) is 0.887. The van der Waals surface area contributed by atoms with E-state index in [1.807, 2.05) is 6.07 Å². The molecular formula is C18H21NO. The minimum atomic E-state index is -0.209. The number of benzene rings is 2. The maximum atomic E-state index is 9.97. The molecule has 0 spiro atoms. The van der Waals surface area contributed by atoms with Gasteiger partial charge in [0, 0.05) is 5.69 Å². The van der Waals surface area contributed by atoms with Crippen LogP contribution in [0, 0.1) is 0 Å². The van der Waals surface area contributed by atoms with E-state index >= 15 is 0 Å². The van der Waals surface area contributed by atoms with E-state index in [4.69, 9.17) is 0 Å². The van der Waals surface area contributed by atoms with Gasteiger partial charge in [0.25, 0.3) is 0 Å². The lowest BCUT2D eigenvalue weighted by atomic mass is 10.0. The summed E-state index contributed by atoms with van der Waals surface area (Å²) in [5.41, 5.74) is 3.76. The second kappa shape index (κ2) is 6.10. The predicted molar refractivity (Wildman–Crippen MR) is 83.0 cm³/mol. The third kappa shape index (κ3) is 3.02. The van der Waals surface area contributed by atoms with E-state index in [2.05, 4.69) is 53.8 Å². The molecule has 2 heteroatoms. The van der Waals surface area contributed by atoms with Crippen LogP contribution in [0.5, 0.6) is 0 Å². The fourth-order valence-electron chi connectivity index (χ4n) is 2.94. The van der Waals surface area contributed by atoms with Gasteiger partial charge in [0.2, 0.25) is 0 Å². The first-order valence-electron chi connectivity index (χ1n) is 7.39. The van der Waals surface area contributed by atoms with Gasteiger partial charge in [-0.05, 0) is 42.9 Å². The molecule has 2 N–H and O–H groups in total. The first kappa shape index (κ1) is 13.2. The molecule has 0 aromatic heterocycles. The Labute approximate surface area is 120 Å². The number of aliphatic hydroxyl groups excluding tert-OH is 1. The fraction of sp³-hybridized carbons (Fsp3) is 0.333. The maximum Gasteiger partial charge on any atom is 0.0741 e. The van der Waals surface area contributed by atoms with Crippen LogP contribution >= 0.6 is 0 Å². The van der Waals surface area contributed by atoms with Crippen molar-refractivity contribution in [2.75, 3.05) is 5.32 Å². The van der Waals surface area contributed by atoms with Gasteiger partial charge in [0.05, 0.1) is 12.1 Å². The first-order valence-corrected chi connectivity index (χ1v) is 7.39. The Morgan fingerprint density at radius 2 is 1.70 bits per heavy atom. The third-order valence-electron chi connectivity index (χ3n) is 4.08. The largest absolute Gasteiger partial charge is 0.391 e. The molecule has 2 aromatic rings. The molecule has 0 unspecified atom stereocenters.